The molecule has 1 aliphatic rings. The first-order valence-electron chi connectivity index (χ1n) is 6.59. The lowest BCUT2D eigenvalue weighted by molar-refractivity contribution is -0.153. The minimum atomic E-state index is -0.837. The summed E-state index contributed by atoms with van der Waals surface area (Å²) in [4.78, 5) is 30.0. The lowest BCUT2D eigenvalue weighted by atomic mass is 9.92. The van der Waals surface area contributed by atoms with E-state index in [9.17, 15) is 9.59 Å². The van der Waals surface area contributed by atoms with Crippen LogP contribution in [0.4, 0.5) is 0 Å². The van der Waals surface area contributed by atoms with E-state index in [1.807, 2.05) is 13.0 Å². The van der Waals surface area contributed by atoms with Crippen molar-refractivity contribution in [2.45, 2.75) is 32.4 Å². The molecule has 2 rings (SSSR count). The van der Waals surface area contributed by atoms with Crippen LogP contribution in [0.15, 0.2) is 18.3 Å². The Hall–Kier alpha value is -2.11. The van der Waals surface area contributed by atoms with Crippen molar-refractivity contribution in [1.82, 2.24) is 15.2 Å². The molecule has 6 heteroatoms. The maximum Gasteiger partial charge on any atom is 0.246 e. The highest BCUT2D eigenvalue weighted by Gasteiger charge is 2.44. The Bertz CT molecular complexity index is 532. The molecule has 1 aliphatic heterocycles. The van der Waals surface area contributed by atoms with E-state index in [0.29, 0.717) is 18.8 Å². The molecule has 1 saturated heterocycles. The van der Waals surface area contributed by atoms with Gasteiger partial charge in [0, 0.05) is 11.8 Å². The fourth-order valence-corrected chi connectivity index (χ4v) is 2.35. The molecular formula is C14H19N3O3. The van der Waals surface area contributed by atoms with Gasteiger partial charge in [0.2, 0.25) is 17.7 Å². The second-order valence-corrected chi connectivity index (χ2v) is 4.96. The molecule has 1 aromatic heterocycles. The maximum absolute atomic E-state index is 12.2. The largest absolute Gasteiger partial charge is 0.481 e. The Morgan fingerprint density at radius 2 is 2.25 bits per heavy atom. The molecule has 0 radical (unpaired) electrons. The summed E-state index contributed by atoms with van der Waals surface area (Å²) in [7, 11) is 1.54. The average molecular weight is 277 g/mol. The van der Waals surface area contributed by atoms with E-state index in [-0.39, 0.29) is 18.4 Å². The topological polar surface area (TPSA) is 71.5 Å². The van der Waals surface area contributed by atoms with Crippen LogP contribution in [-0.2, 0) is 16.1 Å². The molecule has 1 unspecified atom stereocenters. The number of hydrogen-bond acceptors (Lipinski definition) is 4. The number of hydrogen-bond donors (Lipinski definition) is 1. The van der Waals surface area contributed by atoms with E-state index in [1.54, 1.807) is 24.1 Å². The molecule has 0 bridgehead atoms. The van der Waals surface area contributed by atoms with E-state index < -0.39 is 5.54 Å². The standard InChI is InChI=1S/C14H19N3O3/c1-4-14(2)13(19)16-8-11(18)17(14)9-10-6-5-7-15-12(10)20-3/h5-7H,4,8-9H2,1-3H3,(H,16,19). The van der Waals surface area contributed by atoms with Crippen LogP contribution in [0.1, 0.15) is 25.8 Å². The van der Waals surface area contributed by atoms with Gasteiger partial charge in [0.25, 0.3) is 0 Å². The van der Waals surface area contributed by atoms with Crippen molar-refractivity contribution >= 4 is 11.8 Å². The molecule has 1 atom stereocenters. The molecule has 2 amide bonds. The third kappa shape index (κ3) is 2.33. The molecule has 2 heterocycles. The third-order valence-corrected chi connectivity index (χ3v) is 3.85. The van der Waals surface area contributed by atoms with Crippen molar-refractivity contribution in [1.29, 1.82) is 0 Å². The number of carbonyl (C=O) groups excluding carboxylic acids is 2. The van der Waals surface area contributed by atoms with Gasteiger partial charge >= 0.3 is 0 Å². The fourth-order valence-electron chi connectivity index (χ4n) is 2.35. The molecule has 0 aliphatic carbocycles. The van der Waals surface area contributed by atoms with E-state index in [4.69, 9.17) is 4.74 Å². The number of rotatable bonds is 4. The van der Waals surface area contributed by atoms with Gasteiger partial charge in [-0.2, -0.15) is 0 Å². The van der Waals surface area contributed by atoms with Crippen LogP contribution in [0.3, 0.4) is 0 Å². The van der Waals surface area contributed by atoms with Crippen LogP contribution in [0, 0.1) is 0 Å². The van der Waals surface area contributed by atoms with E-state index in [1.165, 1.54) is 7.11 Å². The normalized spacial score (nSPS) is 22.6. The quantitative estimate of drug-likeness (QED) is 0.880. The maximum atomic E-state index is 12.2. The molecule has 0 saturated carbocycles. The molecule has 1 aromatic rings. The molecule has 20 heavy (non-hydrogen) atoms. The van der Waals surface area contributed by atoms with E-state index in [2.05, 4.69) is 10.3 Å². The lowest BCUT2D eigenvalue weighted by Gasteiger charge is -2.43. The highest BCUT2D eigenvalue weighted by Crippen LogP contribution is 2.27. The summed E-state index contributed by atoms with van der Waals surface area (Å²) in [5.41, 5.74) is -0.0476. The summed E-state index contributed by atoms with van der Waals surface area (Å²) in [5, 5.41) is 2.64. The van der Waals surface area contributed by atoms with Crippen LogP contribution < -0.4 is 10.1 Å². The van der Waals surface area contributed by atoms with Crippen molar-refractivity contribution in [3.63, 3.8) is 0 Å². The van der Waals surface area contributed by atoms with Crippen molar-refractivity contribution < 1.29 is 14.3 Å². The predicted molar refractivity (Wildman–Crippen MR) is 73.0 cm³/mol. The summed E-state index contributed by atoms with van der Waals surface area (Å²) in [6, 6.07) is 3.64. The van der Waals surface area contributed by atoms with Crippen LogP contribution >= 0.6 is 0 Å². The first-order valence-corrected chi connectivity index (χ1v) is 6.59. The zero-order valence-corrected chi connectivity index (χ0v) is 12.0. The number of nitrogens with one attached hydrogen (secondary N) is 1. The van der Waals surface area contributed by atoms with Gasteiger partial charge in [-0.15, -0.1) is 0 Å². The van der Waals surface area contributed by atoms with Gasteiger partial charge in [-0.1, -0.05) is 13.0 Å². The Morgan fingerprint density at radius 3 is 2.90 bits per heavy atom. The lowest BCUT2D eigenvalue weighted by Crippen LogP contribution is -2.65. The summed E-state index contributed by atoms with van der Waals surface area (Å²) in [5.74, 6) is 0.257. The Kier molecular flexibility index (Phi) is 3.92. The van der Waals surface area contributed by atoms with Gasteiger partial charge in [0.15, 0.2) is 0 Å². The molecule has 0 aromatic carbocycles. The number of carbonyl (C=O) groups is 2. The zero-order valence-electron chi connectivity index (χ0n) is 12.0. The first-order chi connectivity index (χ1) is 9.52. The van der Waals surface area contributed by atoms with Crippen molar-refractivity contribution in [3.05, 3.63) is 23.9 Å². The predicted octanol–water partition coefficient (Wildman–Crippen LogP) is 0.717. The number of amides is 2. The molecule has 0 spiro atoms. The zero-order chi connectivity index (χ0) is 14.8. The first kappa shape index (κ1) is 14.3. The van der Waals surface area contributed by atoms with Gasteiger partial charge in [0.1, 0.15) is 5.54 Å². The molecular weight excluding hydrogens is 258 g/mol. The number of piperazine rings is 1. The second-order valence-electron chi connectivity index (χ2n) is 4.96. The average Bonchev–Trinajstić information content (AvgIpc) is 2.48. The van der Waals surface area contributed by atoms with Crippen molar-refractivity contribution in [2.24, 2.45) is 0 Å². The number of methoxy groups -OCH3 is 1. The van der Waals surface area contributed by atoms with Gasteiger partial charge in [-0.25, -0.2) is 4.98 Å². The minimum absolute atomic E-state index is 0.0387. The van der Waals surface area contributed by atoms with Gasteiger partial charge in [0.05, 0.1) is 20.2 Å². The Morgan fingerprint density at radius 1 is 1.50 bits per heavy atom. The Labute approximate surface area is 118 Å². The smallest absolute Gasteiger partial charge is 0.246 e. The summed E-state index contributed by atoms with van der Waals surface area (Å²) in [6.07, 6.45) is 2.18. The number of nitrogens with zero attached hydrogens (tertiary/aromatic N) is 2. The molecule has 1 fully saturated rings. The number of ether oxygens (including phenoxy) is 1. The number of pyridine rings is 1. The highest BCUT2D eigenvalue weighted by atomic mass is 16.5. The third-order valence-electron chi connectivity index (χ3n) is 3.85. The fraction of sp³-hybridized carbons (Fsp3) is 0.500. The minimum Gasteiger partial charge on any atom is -0.481 e. The van der Waals surface area contributed by atoms with Gasteiger partial charge < -0.3 is 15.0 Å². The van der Waals surface area contributed by atoms with Crippen molar-refractivity contribution in [2.75, 3.05) is 13.7 Å². The van der Waals surface area contributed by atoms with Gasteiger partial charge in [-0.05, 0) is 19.4 Å². The molecule has 6 nitrogen and oxygen atoms in total. The second kappa shape index (κ2) is 5.48. The summed E-state index contributed by atoms with van der Waals surface area (Å²) >= 11 is 0. The Balaban J connectivity index is 2.33. The van der Waals surface area contributed by atoms with Crippen LogP contribution in [0.5, 0.6) is 5.88 Å². The molecule has 1 N–H and O–H groups in total. The summed E-state index contributed by atoms with van der Waals surface area (Å²) < 4.78 is 5.20. The van der Waals surface area contributed by atoms with Crippen LogP contribution in [0.2, 0.25) is 0 Å². The van der Waals surface area contributed by atoms with Crippen molar-refractivity contribution in [3.8, 4) is 5.88 Å². The van der Waals surface area contributed by atoms with Crippen LogP contribution in [-0.4, -0.2) is 40.9 Å². The van der Waals surface area contributed by atoms with Crippen LogP contribution in [0.25, 0.3) is 0 Å². The van der Waals surface area contributed by atoms with E-state index in [0.717, 1.165) is 5.56 Å². The molecule has 108 valence electrons. The van der Waals surface area contributed by atoms with E-state index >= 15 is 0 Å². The SMILES string of the molecule is CCC1(C)C(=O)NCC(=O)N1Cc1cccnc1OC. The monoisotopic (exact) mass is 277 g/mol. The summed E-state index contributed by atoms with van der Waals surface area (Å²) in [6.45, 7) is 4.03. The number of aromatic nitrogens is 1. The highest BCUT2D eigenvalue weighted by molar-refractivity contribution is 5.97. The van der Waals surface area contributed by atoms with Gasteiger partial charge in [-0.3, -0.25) is 9.59 Å².